The van der Waals surface area contributed by atoms with Gasteiger partial charge in [0.15, 0.2) is 12.2 Å². The van der Waals surface area contributed by atoms with E-state index in [2.05, 4.69) is 26.2 Å². The Bertz CT molecular complexity index is 566. The Balaban J connectivity index is 1.88. The highest BCUT2D eigenvalue weighted by Crippen LogP contribution is 2.28. The standard InChI is InChI=1S/C13H12BrFN2O/c14-8-1-4-10(11(15)5-8)13-12(17-7-18-13)6-16-9-2-3-9/h1,4-5,7,9,16H,2-3,6H2. The molecule has 0 saturated heterocycles. The van der Waals surface area contributed by atoms with Crippen molar-refractivity contribution in [3.63, 3.8) is 0 Å². The lowest BCUT2D eigenvalue weighted by Gasteiger charge is -2.04. The van der Waals surface area contributed by atoms with E-state index in [1.807, 2.05) is 0 Å². The Hall–Kier alpha value is -1.20. The van der Waals surface area contributed by atoms with Crippen LogP contribution in [0.25, 0.3) is 11.3 Å². The van der Waals surface area contributed by atoms with Gasteiger partial charge < -0.3 is 9.73 Å². The van der Waals surface area contributed by atoms with E-state index in [4.69, 9.17) is 4.42 Å². The van der Waals surface area contributed by atoms with Crippen LogP contribution >= 0.6 is 15.9 Å². The van der Waals surface area contributed by atoms with Gasteiger partial charge in [0.1, 0.15) is 11.5 Å². The van der Waals surface area contributed by atoms with Crippen LogP contribution in [0.1, 0.15) is 18.5 Å². The molecule has 1 aliphatic carbocycles. The molecule has 0 bridgehead atoms. The van der Waals surface area contributed by atoms with Gasteiger partial charge in [-0.15, -0.1) is 0 Å². The number of hydrogen-bond acceptors (Lipinski definition) is 3. The van der Waals surface area contributed by atoms with Gasteiger partial charge in [-0.1, -0.05) is 15.9 Å². The first kappa shape index (κ1) is 11.9. The third kappa shape index (κ3) is 2.47. The minimum absolute atomic E-state index is 0.311. The molecule has 0 aliphatic heterocycles. The second-order valence-electron chi connectivity index (χ2n) is 4.41. The van der Waals surface area contributed by atoms with Crippen LogP contribution in [0.3, 0.4) is 0 Å². The van der Waals surface area contributed by atoms with Crippen molar-refractivity contribution in [1.82, 2.24) is 10.3 Å². The van der Waals surface area contributed by atoms with Crippen molar-refractivity contribution >= 4 is 15.9 Å². The first-order chi connectivity index (χ1) is 8.74. The van der Waals surface area contributed by atoms with Gasteiger partial charge in [-0.25, -0.2) is 9.37 Å². The lowest BCUT2D eigenvalue weighted by atomic mass is 10.1. The maximum Gasteiger partial charge on any atom is 0.181 e. The van der Waals surface area contributed by atoms with Crippen molar-refractivity contribution in [2.75, 3.05) is 0 Å². The van der Waals surface area contributed by atoms with Gasteiger partial charge in [-0.3, -0.25) is 0 Å². The highest BCUT2D eigenvalue weighted by atomic mass is 79.9. The fourth-order valence-electron chi connectivity index (χ4n) is 1.82. The Morgan fingerprint density at radius 2 is 2.28 bits per heavy atom. The zero-order valence-corrected chi connectivity index (χ0v) is 11.2. The largest absolute Gasteiger partial charge is 0.443 e. The number of aromatic nitrogens is 1. The normalized spacial score (nSPS) is 15.0. The van der Waals surface area contributed by atoms with E-state index in [1.165, 1.54) is 25.3 Å². The van der Waals surface area contributed by atoms with Crippen molar-refractivity contribution < 1.29 is 8.81 Å². The van der Waals surface area contributed by atoms with Gasteiger partial charge in [-0.2, -0.15) is 0 Å². The summed E-state index contributed by atoms with van der Waals surface area (Å²) in [6.07, 6.45) is 3.78. The van der Waals surface area contributed by atoms with Crippen LogP contribution in [0, 0.1) is 5.82 Å². The maximum atomic E-state index is 13.9. The highest BCUT2D eigenvalue weighted by molar-refractivity contribution is 9.10. The molecule has 1 N–H and O–H groups in total. The van der Waals surface area contributed by atoms with E-state index >= 15 is 0 Å². The minimum atomic E-state index is -0.311. The fraction of sp³-hybridized carbons (Fsp3) is 0.308. The summed E-state index contributed by atoms with van der Waals surface area (Å²) in [5.74, 6) is 0.196. The summed E-state index contributed by atoms with van der Waals surface area (Å²) in [5.41, 5.74) is 1.20. The van der Waals surface area contributed by atoms with Crippen LogP contribution in [0.4, 0.5) is 4.39 Å². The third-order valence-electron chi connectivity index (χ3n) is 2.95. The highest BCUT2D eigenvalue weighted by Gasteiger charge is 2.22. The van der Waals surface area contributed by atoms with E-state index in [1.54, 1.807) is 12.1 Å². The number of oxazole rings is 1. The Morgan fingerprint density at radius 1 is 1.44 bits per heavy atom. The molecule has 1 aliphatic rings. The van der Waals surface area contributed by atoms with Crippen molar-refractivity contribution in [3.05, 3.63) is 40.6 Å². The van der Waals surface area contributed by atoms with E-state index in [0.717, 1.165) is 5.69 Å². The van der Waals surface area contributed by atoms with E-state index in [9.17, 15) is 4.39 Å². The summed E-state index contributed by atoms with van der Waals surface area (Å²) in [6, 6.07) is 5.50. The maximum absolute atomic E-state index is 13.9. The zero-order chi connectivity index (χ0) is 12.5. The lowest BCUT2D eigenvalue weighted by molar-refractivity contribution is 0.558. The van der Waals surface area contributed by atoms with Gasteiger partial charge >= 0.3 is 0 Å². The summed E-state index contributed by atoms with van der Waals surface area (Å²) >= 11 is 3.24. The average Bonchev–Trinajstić information content (AvgIpc) is 3.06. The first-order valence-electron chi connectivity index (χ1n) is 5.85. The molecule has 0 atom stereocenters. The molecule has 1 fully saturated rings. The lowest BCUT2D eigenvalue weighted by Crippen LogP contribution is -2.16. The SMILES string of the molecule is Fc1cc(Br)ccc1-c1ocnc1CNC1CC1. The summed E-state index contributed by atoms with van der Waals surface area (Å²) in [7, 11) is 0. The van der Waals surface area contributed by atoms with Crippen LogP contribution in [-0.4, -0.2) is 11.0 Å². The average molecular weight is 311 g/mol. The number of halogens is 2. The molecule has 3 rings (SSSR count). The summed E-state index contributed by atoms with van der Waals surface area (Å²) < 4.78 is 19.9. The molecular formula is C13H12BrFN2O. The predicted molar refractivity (Wildman–Crippen MR) is 69.5 cm³/mol. The van der Waals surface area contributed by atoms with E-state index in [0.29, 0.717) is 28.4 Å². The Labute approximate surface area is 113 Å². The van der Waals surface area contributed by atoms with Gasteiger partial charge in [0, 0.05) is 17.1 Å². The van der Waals surface area contributed by atoms with Crippen molar-refractivity contribution in [1.29, 1.82) is 0 Å². The summed E-state index contributed by atoms with van der Waals surface area (Å²) in [5, 5.41) is 3.35. The molecule has 1 saturated carbocycles. The molecular weight excluding hydrogens is 299 g/mol. The topological polar surface area (TPSA) is 38.1 Å². The van der Waals surface area contributed by atoms with Crippen molar-refractivity contribution in [3.8, 4) is 11.3 Å². The van der Waals surface area contributed by atoms with Gasteiger partial charge in [0.2, 0.25) is 0 Å². The van der Waals surface area contributed by atoms with Crippen LogP contribution in [0.2, 0.25) is 0 Å². The molecule has 94 valence electrons. The molecule has 0 radical (unpaired) electrons. The van der Waals surface area contributed by atoms with E-state index < -0.39 is 0 Å². The molecule has 1 heterocycles. The van der Waals surface area contributed by atoms with Gasteiger partial charge in [0.05, 0.1) is 5.56 Å². The fourth-order valence-corrected chi connectivity index (χ4v) is 2.15. The second-order valence-corrected chi connectivity index (χ2v) is 5.32. The molecule has 3 nitrogen and oxygen atoms in total. The van der Waals surface area contributed by atoms with Crippen molar-refractivity contribution in [2.24, 2.45) is 0 Å². The zero-order valence-electron chi connectivity index (χ0n) is 9.62. The number of rotatable bonds is 4. The molecule has 1 aromatic heterocycles. The van der Waals surface area contributed by atoms with E-state index in [-0.39, 0.29) is 5.82 Å². The number of hydrogen-bond donors (Lipinski definition) is 1. The van der Waals surface area contributed by atoms with Crippen molar-refractivity contribution in [2.45, 2.75) is 25.4 Å². The molecule has 0 unspecified atom stereocenters. The molecule has 5 heteroatoms. The number of nitrogens with zero attached hydrogens (tertiary/aromatic N) is 1. The molecule has 0 amide bonds. The summed E-state index contributed by atoms with van der Waals surface area (Å²) in [4.78, 5) is 4.15. The quantitative estimate of drug-likeness (QED) is 0.939. The van der Waals surface area contributed by atoms with Crippen LogP contribution in [0.5, 0.6) is 0 Å². The second kappa shape index (κ2) is 4.82. The smallest absolute Gasteiger partial charge is 0.181 e. The van der Waals surface area contributed by atoms with Crippen LogP contribution < -0.4 is 5.32 Å². The molecule has 18 heavy (non-hydrogen) atoms. The molecule has 0 spiro atoms. The van der Waals surface area contributed by atoms with Crippen LogP contribution in [-0.2, 0) is 6.54 Å². The first-order valence-corrected chi connectivity index (χ1v) is 6.64. The monoisotopic (exact) mass is 310 g/mol. The Morgan fingerprint density at radius 3 is 3.00 bits per heavy atom. The predicted octanol–water partition coefficient (Wildman–Crippen LogP) is 3.50. The Kier molecular flexibility index (Phi) is 3.18. The summed E-state index contributed by atoms with van der Waals surface area (Å²) in [6.45, 7) is 0.617. The van der Waals surface area contributed by atoms with Crippen LogP contribution in [0.15, 0.2) is 33.5 Å². The molecule has 2 aromatic rings. The molecule has 1 aromatic carbocycles. The third-order valence-corrected chi connectivity index (χ3v) is 3.45. The number of nitrogens with one attached hydrogen (secondary N) is 1. The van der Waals surface area contributed by atoms with Gasteiger partial charge in [-0.05, 0) is 31.0 Å². The number of benzene rings is 1. The van der Waals surface area contributed by atoms with Gasteiger partial charge in [0.25, 0.3) is 0 Å². The minimum Gasteiger partial charge on any atom is -0.443 e.